The van der Waals surface area contributed by atoms with E-state index in [0.29, 0.717) is 0 Å². The van der Waals surface area contributed by atoms with Crippen LogP contribution in [0, 0.1) is 0 Å². The average molecular weight is 149 g/mol. The molecule has 4 N–H and O–H groups in total. The van der Waals surface area contributed by atoms with Gasteiger partial charge in [-0.3, -0.25) is 9.59 Å². The minimum atomic E-state index is -0.836. The van der Waals surface area contributed by atoms with Gasteiger partial charge in [-0.25, -0.2) is 0 Å². The highest BCUT2D eigenvalue weighted by Crippen LogP contribution is 1.67. The van der Waals surface area contributed by atoms with Crippen molar-refractivity contribution in [1.29, 1.82) is 0 Å². The van der Waals surface area contributed by atoms with Crippen LogP contribution in [0.15, 0.2) is 0 Å². The van der Waals surface area contributed by atoms with Crippen LogP contribution in [0.1, 0.15) is 13.3 Å². The SMILES string of the molecule is CC(=O)O.NCCC(=O)O. The van der Waals surface area contributed by atoms with Crippen LogP contribution >= 0.6 is 0 Å². The number of rotatable bonds is 2. The lowest BCUT2D eigenvalue weighted by Gasteiger charge is -1.80. The van der Waals surface area contributed by atoms with Gasteiger partial charge in [-0.1, -0.05) is 0 Å². The number of carboxylic acid groups (broad SMARTS) is 2. The molecule has 0 saturated heterocycles. The van der Waals surface area contributed by atoms with Crippen molar-refractivity contribution in [2.45, 2.75) is 13.3 Å². The highest BCUT2D eigenvalue weighted by molar-refractivity contribution is 5.66. The Morgan fingerprint density at radius 2 is 1.70 bits per heavy atom. The van der Waals surface area contributed by atoms with Gasteiger partial charge in [-0.15, -0.1) is 0 Å². The van der Waals surface area contributed by atoms with Crippen LogP contribution in [0.4, 0.5) is 0 Å². The lowest BCUT2D eigenvalue weighted by Crippen LogP contribution is -2.05. The molecule has 0 aromatic rings. The van der Waals surface area contributed by atoms with Crippen LogP contribution in [0.25, 0.3) is 0 Å². The lowest BCUT2D eigenvalue weighted by atomic mass is 10.5. The van der Waals surface area contributed by atoms with E-state index in [0.717, 1.165) is 6.92 Å². The van der Waals surface area contributed by atoms with Gasteiger partial charge < -0.3 is 15.9 Å². The number of hydrogen-bond donors (Lipinski definition) is 3. The molecule has 60 valence electrons. The number of carbonyl (C=O) groups is 2. The summed E-state index contributed by atoms with van der Waals surface area (Å²) in [6.45, 7) is 1.31. The second kappa shape index (κ2) is 7.90. The van der Waals surface area contributed by atoms with Crippen LogP contribution in [0.5, 0.6) is 0 Å². The molecule has 0 rings (SSSR count). The second-order valence-electron chi connectivity index (χ2n) is 1.45. The first kappa shape index (κ1) is 11.7. The van der Waals surface area contributed by atoms with E-state index in [1.165, 1.54) is 0 Å². The van der Waals surface area contributed by atoms with Gasteiger partial charge in [0.05, 0.1) is 6.42 Å². The highest BCUT2D eigenvalue weighted by atomic mass is 16.4. The molecular formula is C5H11NO4. The van der Waals surface area contributed by atoms with E-state index in [1.807, 2.05) is 0 Å². The van der Waals surface area contributed by atoms with Gasteiger partial charge >= 0.3 is 5.97 Å². The number of nitrogens with two attached hydrogens (primary N) is 1. The van der Waals surface area contributed by atoms with Gasteiger partial charge in [0.1, 0.15) is 0 Å². The zero-order valence-electron chi connectivity index (χ0n) is 5.70. The molecule has 0 aliphatic rings. The summed E-state index contributed by atoms with van der Waals surface area (Å²) in [4.78, 5) is 18.5. The van der Waals surface area contributed by atoms with Crippen molar-refractivity contribution >= 4 is 11.9 Å². The van der Waals surface area contributed by atoms with Gasteiger partial charge in [-0.2, -0.15) is 0 Å². The molecule has 0 aromatic heterocycles. The third kappa shape index (κ3) is 66.5. The van der Waals surface area contributed by atoms with Crippen LogP contribution in [-0.2, 0) is 9.59 Å². The van der Waals surface area contributed by atoms with E-state index >= 15 is 0 Å². The molecule has 0 aromatic carbocycles. The molecule has 0 aliphatic carbocycles. The van der Waals surface area contributed by atoms with Crippen molar-refractivity contribution in [2.24, 2.45) is 5.73 Å². The third-order valence-electron chi connectivity index (χ3n) is 0.358. The van der Waals surface area contributed by atoms with E-state index < -0.39 is 11.9 Å². The predicted molar refractivity (Wildman–Crippen MR) is 34.6 cm³/mol. The maximum Gasteiger partial charge on any atom is 0.304 e. The fourth-order valence-electron chi connectivity index (χ4n) is 0.123. The predicted octanol–water partition coefficient (Wildman–Crippen LogP) is -0.489. The van der Waals surface area contributed by atoms with Crippen LogP contribution in [0.2, 0.25) is 0 Å². The minimum absolute atomic E-state index is 0.0694. The molecule has 0 unspecified atom stereocenters. The number of carboxylic acids is 2. The summed E-state index contributed by atoms with van der Waals surface area (Å²) in [5, 5.41) is 15.3. The van der Waals surface area contributed by atoms with Crippen LogP contribution in [-0.4, -0.2) is 28.7 Å². The zero-order valence-corrected chi connectivity index (χ0v) is 5.70. The Balaban J connectivity index is 0. The summed E-state index contributed by atoms with van der Waals surface area (Å²) in [5.41, 5.74) is 4.85. The molecule has 0 bridgehead atoms. The van der Waals surface area contributed by atoms with Crippen molar-refractivity contribution in [2.75, 3.05) is 6.54 Å². The summed E-state index contributed by atoms with van der Waals surface area (Å²) < 4.78 is 0. The first-order valence-electron chi connectivity index (χ1n) is 2.62. The summed E-state index contributed by atoms with van der Waals surface area (Å²) in [6, 6.07) is 0. The fourth-order valence-corrected chi connectivity index (χ4v) is 0.123. The highest BCUT2D eigenvalue weighted by Gasteiger charge is 1.87. The summed E-state index contributed by atoms with van der Waals surface area (Å²) >= 11 is 0. The van der Waals surface area contributed by atoms with Gasteiger partial charge in [0, 0.05) is 13.5 Å². The quantitative estimate of drug-likeness (QED) is 0.491. The molecule has 0 saturated carbocycles. The molecule has 5 nitrogen and oxygen atoms in total. The van der Waals surface area contributed by atoms with E-state index in [4.69, 9.17) is 20.7 Å². The van der Waals surface area contributed by atoms with Crippen molar-refractivity contribution < 1.29 is 19.8 Å². The molecule has 0 spiro atoms. The molecule has 10 heavy (non-hydrogen) atoms. The minimum Gasteiger partial charge on any atom is -0.481 e. The maximum absolute atomic E-state index is 9.52. The standard InChI is InChI=1S/C3H7NO2.C2H4O2/c4-2-1-3(5)6;1-2(3)4/h1-2,4H2,(H,5,6);1H3,(H,3,4). The third-order valence-corrected chi connectivity index (χ3v) is 0.358. The number of hydrogen-bond acceptors (Lipinski definition) is 3. The Bertz CT molecular complexity index is 108. The lowest BCUT2D eigenvalue weighted by molar-refractivity contribution is -0.137. The summed E-state index contributed by atoms with van der Waals surface area (Å²) in [7, 11) is 0. The Morgan fingerprint density at radius 1 is 1.40 bits per heavy atom. The average Bonchev–Trinajstić information content (AvgIpc) is 1.62. The van der Waals surface area contributed by atoms with Gasteiger partial charge in [0.2, 0.25) is 0 Å². The van der Waals surface area contributed by atoms with Crippen molar-refractivity contribution in [3.63, 3.8) is 0 Å². The normalized spacial score (nSPS) is 7.40. The summed E-state index contributed by atoms with van der Waals surface area (Å²) in [5.74, 6) is -1.67. The molecule has 5 heteroatoms. The maximum atomic E-state index is 9.52. The molecule has 0 fully saturated rings. The number of aliphatic carboxylic acids is 2. The van der Waals surface area contributed by atoms with Crippen LogP contribution in [0.3, 0.4) is 0 Å². The zero-order chi connectivity index (χ0) is 8.57. The topological polar surface area (TPSA) is 101 Å². The van der Waals surface area contributed by atoms with E-state index in [2.05, 4.69) is 0 Å². The van der Waals surface area contributed by atoms with Crippen molar-refractivity contribution in [3.05, 3.63) is 0 Å². The van der Waals surface area contributed by atoms with Gasteiger partial charge in [0.15, 0.2) is 0 Å². The molecule has 0 amide bonds. The Kier molecular flexibility index (Phi) is 9.22. The van der Waals surface area contributed by atoms with Crippen LogP contribution < -0.4 is 5.73 Å². The van der Waals surface area contributed by atoms with Crippen molar-refractivity contribution in [3.8, 4) is 0 Å². The van der Waals surface area contributed by atoms with Gasteiger partial charge in [-0.05, 0) is 0 Å². The molecule has 0 heterocycles. The second-order valence-corrected chi connectivity index (χ2v) is 1.45. The van der Waals surface area contributed by atoms with Crippen molar-refractivity contribution in [1.82, 2.24) is 0 Å². The largest absolute Gasteiger partial charge is 0.481 e. The Hall–Kier alpha value is -1.10. The first-order chi connectivity index (χ1) is 4.50. The van der Waals surface area contributed by atoms with E-state index in [1.54, 1.807) is 0 Å². The molecular weight excluding hydrogens is 138 g/mol. The fraction of sp³-hybridized carbons (Fsp3) is 0.600. The summed E-state index contributed by atoms with van der Waals surface area (Å²) in [6.07, 6.45) is 0.0694. The Labute approximate surface area is 58.5 Å². The van der Waals surface area contributed by atoms with Gasteiger partial charge in [0.25, 0.3) is 5.97 Å². The Morgan fingerprint density at radius 3 is 1.70 bits per heavy atom. The van der Waals surface area contributed by atoms with E-state index in [-0.39, 0.29) is 13.0 Å². The molecule has 0 radical (unpaired) electrons. The first-order valence-corrected chi connectivity index (χ1v) is 2.62. The molecule has 0 aliphatic heterocycles. The smallest absolute Gasteiger partial charge is 0.304 e. The molecule has 0 atom stereocenters. The monoisotopic (exact) mass is 149 g/mol. The van der Waals surface area contributed by atoms with E-state index in [9.17, 15) is 4.79 Å².